The second kappa shape index (κ2) is 8.24. The van der Waals surface area contributed by atoms with Gasteiger partial charge in [-0.2, -0.15) is 0 Å². The zero-order valence-corrected chi connectivity index (χ0v) is 16.0. The van der Waals surface area contributed by atoms with Crippen LogP contribution in [0.4, 0.5) is 5.13 Å². The lowest BCUT2D eigenvalue weighted by Crippen LogP contribution is -2.24. The van der Waals surface area contributed by atoms with Crippen LogP contribution in [0.25, 0.3) is 0 Å². The second-order valence-electron chi connectivity index (χ2n) is 5.57. The molecule has 7 heteroatoms. The summed E-state index contributed by atoms with van der Waals surface area (Å²) >= 11 is 5.07. The first-order valence-corrected chi connectivity index (χ1v) is 8.94. The summed E-state index contributed by atoms with van der Waals surface area (Å²) in [5.41, 5.74) is 2.48. The molecule has 1 saturated heterocycles. The largest absolute Gasteiger partial charge is 0.316 e. The maximum absolute atomic E-state index is 12.1. The van der Waals surface area contributed by atoms with Crippen LogP contribution >= 0.6 is 39.7 Å². The highest BCUT2D eigenvalue weighted by atomic mass is 79.9. The van der Waals surface area contributed by atoms with Crippen LogP contribution in [0.3, 0.4) is 0 Å². The lowest BCUT2D eigenvalue weighted by Gasteiger charge is -2.06. The summed E-state index contributed by atoms with van der Waals surface area (Å²) in [5, 5.41) is 6.83. The van der Waals surface area contributed by atoms with Gasteiger partial charge < -0.3 is 10.6 Å². The van der Waals surface area contributed by atoms with E-state index in [0.717, 1.165) is 35.3 Å². The first-order chi connectivity index (χ1) is 10.6. The number of amides is 1. The molecule has 124 valence electrons. The average Bonchev–Trinajstić information content (AvgIpc) is 3.15. The third-order valence-electron chi connectivity index (χ3n) is 3.82. The van der Waals surface area contributed by atoms with Crippen molar-refractivity contribution in [1.82, 2.24) is 10.3 Å². The summed E-state index contributed by atoms with van der Waals surface area (Å²) in [6, 6.07) is 6.35. The monoisotopic (exact) mass is 415 g/mol. The maximum atomic E-state index is 12.1. The minimum Gasteiger partial charge on any atom is -0.316 e. The number of nitrogens with zero attached hydrogens (tertiary/aromatic N) is 1. The standard InChI is InChI=1S/C16H18BrN3OS.ClH/c1-10-6-11(2-3-14(10)17)7-13-9-19-16(22-13)20-15(21)12-4-5-18-8-12;/h2-3,6,9,12,18H,4-5,7-8H2,1H3,(H,19,20,21);1H. The molecule has 3 rings (SSSR count). The lowest BCUT2D eigenvalue weighted by molar-refractivity contribution is -0.119. The number of hydrogen-bond acceptors (Lipinski definition) is 4. The van der Waals surface area contributed by atoms with Crippen LogP contribution in [-0.4, -0.2) is 24.0 Å². The van der Waals surface area contributed by atoms with Crippen LogP contribution in [0.1, 0.15) is 22.4 Å². The maximum Gasteiger partial charge on any atom is 0.230 e. The normalized spacial score (nSPS) is 16.9. The number of halogens is 2. The van der Waals surface area contributed by atoms with E-state index in [1.807, 2.05) is 6.20 Å². The molecule has 1 atom stereocenters. The number of thiazole rings is 1. The fourth-order valence-electron chi connectivity index (χ4n) is 2.55. The Morgan fingerprint density at radius 2 is 2.35 bits per heavy atom. The number of hydrogen-bond donors (Lipinski definition) is 2. The highest BCUT2D eigenvalue weighted by molar-refractivity contribution is 9.10. The van der Waals surface area contributed by atoms with Gasteiger partial charge in [-0.25, -0.2) is 4.98 Å². The summed E-state index contributed by atoms with van der Waals surface area (Å²) in [4.78, 5) is 17.5. The van der Waals surface area contributed by atoms with Crippen molar-refractivity contribution in [2.75, 3.05) is 18.4 Å². The van der Waals surface area contributed by atoms with Crippen LogP contribution in [-0.2, 0) is 11.2 Å². The van der Waals surface area contributed by atoms with Crippen molar-refractivity contribution in [1.29, 1.82) is 0 Å². The lowest BCUT2D eigenvalue weighted by atomic mass is 10.1. The summed E-state index contributed by atoms with van der Waals surface area (Å²) < 4.78 is 1.12. The number of benzene rings is 1. The highest BCUT2D eigenvalue weighted by Gasteiger charge is 2.23. The molecule has 4 nitrogen and oxygen atoms in total. The Hall–Kier alpha value is -0.950. The molecule has 1 aliphatic heterocycles. The average molecular weight is 417 g/mol. The van der Waals surface area contributed by atoms with Gasteiger partial charge in [0.05, 0.1) is 5.92 Å². The van der Waals surface area contributed by atoms with Gasteiger partial charge in [0.25, 0.3) is 0 Å². The number of carbonyl (C=O) groups excluding carboxylic acids is 1. The van der Waals surface area contributed by atoms with Gasteiger partial charge in [0.1, 0.15) is 0 Å². The van der Waals surface area contributed by atoms with Crippen molar-refractivity contribution in [3.8, 4) is 0 Å². The Kier molecular flexibility index (Phi) is 6.59. The summed E-state index contributed by atoms with van der Waals surface area (Å²) in [6.45, 7) is 3.77. The minimum absolute atomic E-state index is 0. The van der Waals surface area contributed by atoms with Crippen LogP contribution in [0.2, 0.25) is 0 Å². The van der Waals surface area contributed by atoms with Crippen molar-refractivity contribution in [2.45, 2.75) is 19.8 Å². The zero-order chi connectivity index (χ0) is 15.5. The van der Waals surface area contributed by atoms with E-state index in [0.29, 0.717) is 5.13 Å². The van der Waals surface area contributed by atoms with Crippen LogP contribution < -0.4 is 10.6 Å². The van der Waals surface area contributed by atoms with E-state index in [4.69, 9.17) is 0 Å². The van der Waals surface area contributed by atoms with Gasteiger partial charge in [-0.3, -0.25) is 4.79 Å². The SMILES string of the molecule is Cc1cc(Cc2cnc(NC(=O)C3CCNC3)s2)ccc1Br.Cl. The zero-order valence-electron chi connectivity index (χ0n) is 12.8. The molecule has 23 heavy (non-hydrogen) atoms. The fourth-order valence-corrected chi connectivity index (χ4v) is 3.65. The van der Waals surface area contributed by atoms with Gasteiger partial charge in [-0.1, -0.05) is 28.1 Å². The number of aryl methyl sites for hydroxylation is 1. The molecule has 0 saturated carbocycles. The number of aromatic nitrogens is 1. The van der Waals surface area contributed by atoms with Crippen LogP contribution in [0, 0.1) is 12.8 Å². The van der Waals surface area contributed by atoms with E-state index < -0.39 is 0 Å². The molecule has 0 radical (unpaired) electrons. The molecular weight excluding hydrogens is 398 g/mol. The third kappa shape index (κ3) is 4.76. The molecule has 1 aliphatic rings. The molecular formula is C16H19BrClN3OS. The van der Waals surface area contributed by atoms with Gasteiger partial charge in [-0.15, -0.1) is 23.7 Å². The fraction of sp³-hybridized carbons (Fsp3) is 0.375. The van der Waals surface area contributed by atoms with E-state index >= 15 is 0 Å². The minimum atomic E-state index is 0. The van der Waals surface area contributed by atoms with E-state index in [-0.39, 0.29) is 24.2 Å². The molecule has 1 fully saturated rings. The number of carbonyl (C=O) groups is 1. The smallest absolute Gasteiger partial charge is 0.230 e. The molecule has 0 bridgehead atoms. The van der Waals surface area contributed by atoms with E-state index in [1.165, 1.54) is 11.1 Å². The molecule has 0 aliphatic carbocycles. The number of nitrogens with one attached hydrogen (secondary N) is 2. The van der Waals surface area contributed by atoms with E-state index in [1.54, 1.807) is 11.3 Å². The summed E-state index contributed by atoms with van der Waals surface area (Å²) in [7, 11) is 0. The van der Waals surface area contributed by atoms with Gasteiger partial charge in [0.15, 0.2) is 5.13 Å². The van der Waals surface area contributed by atoms with E-state index in [9.17, 15) is 4.79 Å². The predicted octanol–water partition coefficient (Wildman–Crippen LogP) is 3.77. The highest BCUT2D eigenvalue weighted by Crippen LogP contribution is 2.24. The quantitative estimate of drug-likeness (QED) is 0.797. The van der Waals surface area contributed by atoms with Gasteiger partial charge in [-0.05, 0) is 37.1 Å². The molecule has 1 unspecified atom stereocenters. The molecule has 1 amide bonds. The van der Waals surface area contributed by atoms with Gasteiger partial charge >= 0.3 is 0 Å². The Bertz CT molecular complexity index is 686. The first-order valence-electron chi connectivity index (χ1n) is 7.33. The predicted molar refractivity (Wildman–Crippen MR) is 101 cm³/mol. The Morgan fingerprint density at radius 1 is 1.52 bits per heavy atom. The second-order valence-corrected chi connectivity index (χ2v) is 7.54. The van der Waals surface area contributed by atoms with Gasteiger partial charge in [0, 0.05) is 28.5 Å². The van der Waals surface area contributed by atoms with Crippen molar-refractivity contribution in [3.63, 3.8) is 0 Å². The Balaban J connectivity index is 0.00000192. The van der Waals surface area contributed by atoms with Crippen LogP contribution in [0.5, 0.6) is 0 Å². The van der Waals surface area contributed by atoms with E-state index in [2.05, 4.69) is 56.7 Å². The number of anilines is 1. The Labute approximate surface area is 154 Å². The van der Waals surface area contributed by atoms with Gasteiger partial charge in [0.2, 0.25) is 5.91 Å². The molecule has 1 aromatic heterocycles. The topological polar surface area (TPSA) is 54.0 Å². The summed E-state index contributed by atoms with van der Waals surface area (Å²) in [5.74, 6) is 0.145. The Morgan fingerprint density at radius 3 is 3.04 bits per heavy atom. The molecule has 0 spiro atoms. The molecule has 2 aromatic rings. The third-order valence-corrected chi connectivity index (χ3v) is 5.62. The molecule has 2 heterocycles. The van der Waals surface area contributed by atoms with Crippen LogP contribution in [0.15, 0.2) is 28.9 Å². The number of rotatable bonds is 4. The van der Waals surface area contributed by atoms with Crippen molar-refractivity contribution in [3.05, 3.63) is 44.9 Å². The van der Waals surface area contributed by atoms with Crippen molar-refractivity contribution < 1.29 is 4.79 Å². The summed E-state index contributed by atoms with van der Waals surface area (Å²) in [6.07, 6.45) is 3.60. The molecule has 2 N–H and O–H groups in total. The van der Waals surface area contributed by atoms with Crippen molar-refractivity contribution in [2.24, 2.45) is 5.92 Å². The first kappa shape index (κ1) is 18.4. The molecule has 1 aromatic carbocycles. The van der Waals surface area contributed by atoms with Crippen molar-refractivity contribution >= 4 is 50.7 Å².